The van der Waals surface area contributed by atoms with Crippen molar-refractivity contribution < 1.29 is 0 Å². The summed E-state index contributed by atoms with van der Waals surface area (Å²) in [5.41, 5.74) is 3.27. The lowest BCUT2D eigenvalue weighted by atomic mass is 10.0. The number of H-pyrrole nitrogens is 1. The van der Waals surface area contributed by atoms with Crippen LogP contribution in [0.25, 0.3) is 11.0 Å². The molecule has 5 heteroatoms. The number of aromatic amines is 1. The number of nitrogens with one attached hydrogen (secondary N) is 1. The van der Waals surface area contributed by atoms with Gasteiger partial charge in [0.1, 0.15) is 11.6 Å². The molecule has 0 aliphatic carbocycles. The molecule has 0 spiro atoms. The fraction of sp³-hybridized carbons (Fsp3) is 0.421. The van der Waals surface area contributed by atoms with Crippen molar-refractivity contribution in [2.75, 3.05) is 6.54 Å². The van der Waals surface area contributed by atoms with E-state index in [1.807, 2.05) is 18.3 Å². The maximum absolute atomic E-state index is 4.83. The maximum atomic E-state index is 4.83. The van der Waals surface area contributed by atoms with E-state index in [1.165, 1.54) is 12.8 Å². The number of piperidine rings is 1. The van der Waals surface area contributed by atoms with Crippen LogP contribution in [0, 0.1) is 0 Å². The van der Waals surface area contributed by atoms with E-state index in [2.05, 4.69) is 45.0 Å². The Kier molecular flexibility index (Phi) is 4.26. The van der Waals surface area contributed by atoms with Crippen LogP contribution in [-0.4, -0.2) is 31.4 Å². The lowest BCUT2D eigenvalue weighted by Gasteiger charge is -2.34. The van der Waals surface area contributed by atoms with Crippen molar-refractivity contribution in [3.63, 3.8) is 0 Å². The average molecular weight is 321 g/mol. The monoisotopic (exact) mass is 321 g/mol. The third kappa shape index (κ3) is 3.04. The average Bonchev–Trinajstić information content (AvgIpc) is 3.06. The highest BCUT2D eigenvalue weighted by Gasteiger charge is 2.26. The minimum Gasteiger partial charge on any atom is -0.341 e. The standard InChI is InChI=1S/C19H23N5/c1-2-18-20-11-10-14(21-18)13-24-12-6-5-9-17(24)19-22-15-7-3-4-8-16(15)23-19/h3-4,7-8,10-11,17H,2,5-6,9,12-13H2,1H3,(H,22,23). The Bertz CT molecular complexity index is 792. The molecule has 5 nitrogen and oxygen atoms in total. The second-order valence-electron chi connectivity index (χ2n) is 6.44. The number of imidazole rings is 1. The highest BCUT2D eigenvalue weighted by atomic mass is 15.2. The number of aryl methyl sites for hydroxylation is 1. The molecule has 0 bridgehead atoms. The van der Waals surface area contributed by atoms with Gasteiger partial charge in [-0.1, -0.05) is 25.5 Å². The van der Waals surface area contributed by atoms with Gasteiger partial charge in [-0.3, -0.25) is 4.90 Å². The number of fused-ring (bicyclic) bond motifs is 1. The van der Waals surface area contributed by atoms with E-state index in [0.29, 0.717) is 6.04 Å². The Hall–Kier alpha value is -2.27. The molecule has 0 saturated carbocycles. The molecule has 0 amide bonds. The molecule has 3 heterocycles. The number of nitrogens with zero attached hydrogens (tertiary/aromatic N) is 4. The van der Waals surface area contributed by atoms with Crippen molar-refractivity contribution in [2.45, 2.75) is 45.2 Å². The third-order valence-corrected chi connectivity index (χ3v) is 4.78. The lowest BCUT2D eigenvalue weighted by molar-refractivity contribution is 0.133. The first kappa shape index (κ1) is 15.3. The van der Waals surface area contributed by atoms with Crippen LogP contribution in [0.1, 0.15) is 49.6 Å². The van der Waals surface area contributed by atoms with Crippen LogP contribution < -0.4 is 0 Å². The molecule has 124 valence electrons. The molecule has 3 aromatic rings. The molecule has 1 atom stereocenters. The lowest BCUT2D eigenvalue weighted by Crippen LogP contribution is -2.34. The molecule has 24 heavy (non-hydrogen) atoms. The van der Waals surface area contributed by atoms with Crippen LogP contribution in [0.15, 0.2) is 36.5 Å². The van der Waals surface area contributed by atoms with Gasteiger partial charge in [0.15, 0.2) is 0 Å². The second-order valence-corrected chi connectivity index (χ2v) is 6.44. The van der Waals surface area contributed by atoms with Gasteiger partial charge in [0.25, 0.3) is 0 Å². The van der Waals surface area contributed by atoms with Gasteiger partial charge in [-0.05, 0) is 37.6 Å². The van der Waals surface area contributed by atoms with E-state index < -0.39 is 0 Å². The fourth-order valence-corrected chi connectivity index (χ4v) is 3.53. The molecule has 0 radical (unpaired) electrons. The summed E-state index contributed by atoms with van der Waals surface area (Å²) in [5.74, 6) is 2.01. The number of hydrogen-bond donors (Lipinski definition) is 1. The summed E-state index contributed by atoms with van der Waals surface area (Å²) < 4.78 is 0. The van der Waals surface area contributed by atoms with Gasteiger partial charge < -0.3 is 4.98 Å². The van der Waals surface area contributed by atoms with Crippen molar-refractivity contribution >= 4 is 11.0 Å². The van der Waals surface area contributed by atoms with Crippen molar-refractivity contribution in [1.29, 1.82) is 0 Å². The number of benzene rings is 1. The minimum absolute atomic E-state index is 0.339. The van der Waals surface area contributed by atoms with Crippen LogP contribution >= 0.6 is 0 Å². The Morgan fingerprint density at radius 1 is 1.17 bits per heavy atom. The normalized spacial score (nSPS) is 19.0. The quantitative estimate of drug-likeness (QED) is 0.797. The highest BCUT2D eigenvalue weighted by Crippen LogP contribution is 2.31. The Balaban J connectivity index is 1.60. The molecule has 1 aliphatic heterocycles. The number of aromatic nitrogens is 4. The summed E-state index contributed by atoms with van der Waals surface area (Å²) in [5, 5.41) is 0. The molecule has 4 rings (SSSR count). The van der Waals surface area contributed by atoms with E-state index in [4.69, 9.17) is 4.98 Å². The van der Waals surface area contributed by atoms with Crippen molar-refractivity contribution in [3.05, 3.63) is 53.9 Å². The number of likely N-dealkylation sites (tertiary alicyclic amines) is 1. The molecule has 1 fully saturated rings. The Labute approximate surface area is 142 Å². The van der Waals surface area contributed by atoms with Gasteiger partial charge in [0.2, 0.25) is 0 Å². The van der Waals surface area contributed by atoms with Gasteiger partial charge >= 0.3 is 0 Å². The molecule has 1 N–H and O–H groups in total. The second kappa shape index (κ2) is 6.69. The first-order valence-electron chi connectivity index (χ1n) is 8.83. The summed E-state index contributed by atoms with van der Waals surface area (Å²) in [7, 11) is 0. The van der Waals surface area contributed by atoms with Crippen LogP contribution in [0.5, 0.6) is 0 Å². The van der Waals surface area contributed by atoms with Crippen LogP contribution in [0.3, 0.4) is 0 Å². The van der Waals surface area contributed by atoms with E-state index >= 15 is 0 Å². The van der Waals surface area contributed by atoms with E-state index in [9.17, 15) is 0 Å². The highest BCUT2D eigenvalue weighted by molar-refractivity contribution is 5.74. The number of hydrogen-bond acceptors (Lipinski definition) is 4. The first-order chi connectivity index (χ1) is 11.8. The predicted octanol–water partition coefficient (Wildman–Crippen LogP) is 3.64. The third-order valence-electron chi connectivity index (χ3n) is 4.78. The smallest absolute Gasteiger partial charge is 0.128 e. The van der Waals surface area contributed by atoms with E-state index in [0.717, 1.165) is 54.3 Å². The zero-order valence-electron chi connectivity index (χ0n) is 14.1. The fourth-order valence-electron chi connectivity index (χ4n) is 3.53. The van der Waals surface area contributed by atoms with Gasteiger partial charge in [-0.15, -0.1) is 0 Å². The molecule has 2 aromatic heterocycles. The molecule has 1 unspecified atom stereocenters. The zero-order chi connectivity index (χ0) is 16.4. The molecular weight excluding hydrogens is 298 g/mol. The summed E-state index contributed by atoms with van der Waals surface area (Å²) in [6, 6.07) is 10.6. The Morgan fingerprint density at radius 2 is 2.08 bits per heavy atom. The Morgan fingerprint density at radius 3 is 2.96 bits per heavy atom. The minimum atomic E-state index is 0.339. The van der Waals surface area contributed by atoms with Crippen LogP contribution in [-0.2, 0) is 13.0 Å². The number of para-hydroxylation sites is 2. The SMILES string of the molecule is CCc1nccc(CN2CCCCC2c2nc3ccccc3[nH]2)n1. The zero-order valence-corrected chi connectivity index (χ0v) is 14.1. The number of rotatable bonds is 4. The molecule has 1 saturated heterocycles. The summed E-state index contributed by atoms with van der Waals surface area (Å²) in [6.45, 7) is 4.04. The summed E-state index contributed by atoms with van der Waals surface area (Å²) in [6.07, 6.45) is 6.39. The van der Waals surface area contributed by atoms with Gasteiger partial charge in [-0.2, -0.15) is 0 Å². The first-order valence-corrected chi connectivity index (χ1v) is 8.83. The van der Waals surface area contributed by atoms with Gasteiger partial charge in [0.05, 0.1) is 22.8 Å². The van der Waals surface area contributed by atoms with E-state index in [1.54, 1.807) is 0 Å². The van der Waals surface area contributed by atoms with Crippen molar-refractivity contribution in [2.24, 2.45) is 0 Å². The van der Waals surface area contributed by atoms with Crippen LogP contribution in [0.2, 0.25) is 0 Å². The summed E-state index contributed by atoms with van der Waals surface area (Å²) >= 11 is 0. The van der Waals surface area contributed by atoms with E-state index in [-0.39, 0.29) is 0 Å². The summed E-state index contributed by atoms with van der Waals surface area (Å²) in [4.78, 5) is 19.8. The van der Waals surface area contributed by atoms with Crippen molar-refractivity contribution in [1.82, 2.24) is 24.8 Å². The van der Waals surface area contributed by atoms with Crippen molar-refractivity contribution in [3.8, 4) is 0 Å². The maximum Gasteiger partial charge on any atom is 0.128 e. The van der Waals surface area contributed by atoms with Gasteiger partial charge in [-0.25, -0.2) is 15.0 Å². The van der Waals surface area contributed by atoms with Gasteiger partial charge in [0, 0.05) is 19.2 Å². The molecular formula is C19H23N5. The topological polar surface area (TPSA) is 57.7 Å². The molecule has 1 aliphatic rings. The van der Waals surface area contributed by atoms with Crippen LogP contribution in [0.4, 0.5) is 0 Å². The predicted molar refractivity (Wildman–Crippen MR) is 94.5 cm³/mol. The largest absolute Gasteiger partial charge is 0.341 e. The molecule has 1 aromatic carbocycles.